The highest BCUT2D eigenvalue weighted by atomic mass is 16.5. The van der Waals surface area contributed by atoms with Gasteiger partial charge in [0, 0.05) is 17.3 Å². The lowest BCUT2D eigenvalue weighted by Crippen LogP contribution is -2.13. The van der Waals surface area contributed by atoms with Crippen molar-refractivity contribution in [1.29, 1.82) is 0 Å². The van der Waals surface area contributed by atoms with E-state index >= 15 is 0 Å². The minimum atomic E-state index is -0.211. The van der Waals surface area contributed by atoms with Crippen LogP contribution in [0, 0.1) is 13.8 Å². The molecule has 0 unspecified atom stereocenters. The zero-order valence-corrected chi connectivity index (χ0v) is 15.9. The smallest absolute Gasteiger partial charge is 0.255 e. The van der Waals surface area contributed by atoms with Gasteiger partial charge in [-0.1, -0.05) is 12.1 Å². The number of carbonyl (C=O) groups is 1. The summed E-state index contributed by atoms with van der Waals surface area (Å²) >= 11 is 0. The third-order valence-corrected chi connectivity index (χ3v) is 4.28. The lowest BCUT2D eigenvalue weighted by Gasteiger charge is -2.12. The molecule has 3 rings (SSSR count). The minimum Gasteiger partial charge on any atom is -0.497 e. The number of benzene rings is 2. The maximum atomic E-state index is 12.7. The van der Waals surface area contributed by atoms with Gasteiger partial charge in [0.2, 0.25) is 0 Å². The molecule has 27 heavy (non-hydrogen) atoms. The van der Waals surface area contributed by atoms with Crippen LogP contribution in [0.3, 0.4) is 0 Å². The Hall–Kier alpha value is -3.28. The summed E-state index contributed by atoms with van der Waals surface area (Å²) in [5.41, 5.74) is 4.20. The van der Waals surface area contributed by atoms with E-state index < -0.39 is 0 Å². The molecule has 0 aliphatic heterocycles. The summed E-state index contributed by atoms with van der Waals surface area (Å²) in [4.78, 5) is 12.7. The van der Waals surface area contributed by atoms with Crippen LogP contribution < -0.4 is 14.8 Å². The molecule has 0 bridgehead atoms. The van der Waals surface area contributed by atoms with Crippen molar-refractivity contribution in [3.05, 3.63) is 71.0 Å². The second-order valence-corrected chi connectivity index (χ2v) is 6.31. The SMILES string of the molecule is COc1ccc(OC)c(NC(=O)c2cccc(Cn3nc(C)cc3C)c2)c1. The summed E-state index contributed by atoms with van der Waals surface area (Å²) in [7, 11) is 3.14. The third-order valence-electron chi connectivity index (χ3n) is 4.28. The van der Waals surface area contributed by atoms with Crippen LogP contribution in [0.25, 0.3) is 0 Å². The number of hydrogen-bond acceptors (Lipinski definition) is 4. The number of carbonyl (C=O) groups excluding carboxylic acids is 1. The molecule has 1 N–H and O–H groups in total. The van der Waals surface area contributed by atoms with Crippen molar-refractivity contribution in [3.8, 4) is 11.5 Å². The van der Waals surface area contributed by atoms with Gasteiger partial charge >= 0.3 is 0 Å². The second-order valence-electron chi connectivity index (χ2n) is 6.31. The first kappa shape index (κ1) is 18.5. The van der Waals surface area contributed by atoms with Crippen molar-refractivity contribution >= 4 is 11.6 Å². The Morgan fingerprint density at radius 1 is 1.07 bits per heavy atom. The predicted molar refractivity (Wildman–Crippen MR) is 105 cm³/mol. The average Bonchev–Trinajstić information content (AvgIpc) is 2.98. The Bertz CT molecular complexity index is 963. The molecule has 0 saturated carbocycles. The largest absolute Gasteiger partial charge is 0.497 e. The van der Waals surface area contributed by atoms with Gasteiger partial charge in [-0.3, -0.25) is 9.48 Å². The van der Waals surface area contributed by atoms with Crippen LogP contribution in [0.15, 0.2) is 48.5 Å². The van der Waals surface area contributed by atoms with E-state index in [4.69, 9.17) is 9.47 Å². The topological polar surface area (TPSA) is 65.4 Å². The standard InChI is InChI=1S/C21H23N3O3/c1-14-10-15(2)24(23-14)13-16-6-5-7-17(11-16)21(25)22-19-12-18(26-3)8-9-20(19)27-4/h5-12H,13H2,1-4H3,(H,22,25). The normalized spacial score (nSPS) is 10.5. The molecule has 1 aromatic heterocycles. The first-order chi connectivity index (χ1) is 13.0. The number of aryl methyl sites for hydroxylation is 2. The quantitative estimate of drug-likeness (QED) is 0.721. The lowest BCUT2D eigenvalue weighted by atomic mass is 10.1. The zero-order valence-electron chi connectivity index (χ0n) is 15.9. The van der Waals surface area contributed by atoms with Gasteiger partial charge in [-0.15, -0.1) is 0 Å². The summed E-state index contributed by atoms with van der Waals surface area (Å²) in [6.07, 6.45) is 0. The summed E-state index contributed by atoms with van der Waals surface area (Å²) in [5, 5.41) is 7.37. The highest BCUT2D eigenvalue weighted by Gasteiger charge is 2.12. The highest BCUT2D eigenvalue weighted by Crippen LogP contribution is 2.29. The van der Waals surface area contributed by atoms with E-state index in [1.54, 1.807) is 38.5 Å². The number of methoxy groups -OCH3 is 2. The van der Waals surface area contributed by atoms with E-state index in [-0.39, 0.29) is 5.91 Å². The molecule has 0 aliphatic carbocycles. The van der Waals surface area contributed by atoms with Crippen LogP contribution in [0.5, 0.6) is 11.5 Å². The Morgan fingerprint density at radius 2 is 1.89 bits per heavy atom. The average molecular weight is 365 g/mol. The van der Waals surface area contributed by atoms with Gasteiger partial charge in [-0.2, -0.15) is 5.10 Å². The maximum absolute atomic E-state index is 12.7. The molecule has 1 heterocycles. The van der Waals surface area contributed by atoms with Crippen LogP contribution in [-0.2, 0) is 6.54 Å². The molecular weight excluding hydrogens is 342 g/mol. The number of nitrogens with zero attached hydrogens (tertiary/aromatic N) is 2. The van der Waals surface area contributed by atoms with Crippen LogP contribution in [0.4, 0.5) is 5.69 Å². The van der Waals surface area contributed by atoms with Crippen molar-refractivity contribution in [3.63, 3.8) is 0 Å². The lowest BCUT2D eigenvalue weighted by molar-refractivity contribution is 0.102. The van der Waals surface area contributed by atoms with Crippen molar-refractivity contribution in [2.75, 3.05) is 19.5 Å². The fraction of sp³-hybridized carbons (Fsp3) is 0.238. The van der Waals surface area contributed by atoms with Gasteiger partial charge in [0.15, 0.2) is 0 Å². The Balaban J connectivity index is 1.81. The molecule has 0 radical (unpaired) electrons. The van der Waals surface area contributed by atoms with Crippen molar-refractivity contribution in [1.82, 2.24) is 9.78 Å². The Labute approximate surface area is 158 Å². The monoisotopic (exact) mass is 365 g/mol. The van der Waals surface area contributed by atoms with Crippen LogP contribution in [-0.4, -0.2) is 29.9 Å². The van der Waals surface area contributed by atoms with E-state index in [9.17, 15) is 4.79 Å². The fourth-order valence-corrected chi connectivity index (χ4v) is 2.93. The first-order valence-electron chi connectivity index (χ1n) is 8.63. The van der Waals surface area contributed by atoms with Crippen molar-refractivity contribution < 1.29 is 14.3 Å². The van der Waals surface area contributed by atoms with E-state index in [2.05, 4.69) is 10.4 Å². The number of aromatic nitrogens is 2. The summed E-state index contributed by atoms with van der Waals surface area (Å²) in [6, 6.07) is 14.8. The Morgan fingerprint density at radius 3 is 2.56 bits per heavy atom. The molecule has 0 saturated heterocycles. The summed E-state index contributed by atoms with van der Waals surface area (Å²) in [5.74, 6) is 1.00. The second kappa shape index (κ2) is 7.95. The maximum Gasteiger partial charge on any atom is 0.255 e. The van der Waals surface area contributed by atoms with Gasteiger partial charge in [0.1, 0.15) is 11.5 Å². The number of rotatable bonds is 6. The van der Waals surface area contributed by atoms with Gasteiger partial charge in [0.25, 0.3) is 5.91 Å². The van der Waals surface area contributed by atoms with Crippen molar-refractivity contribution in [2.24, 2.45) is 0 Å². The van der Waals surface area contributed by atoms with E-state index in [0.717, 1.165) is 17.0 Å². The van der Waals surface area contributed by atoms with Crippen LogP contribution >= 0.6 is 0 Å². The van der Waals surface area contributed by atoms with Gasteiger partial charge in [-0.25, -0.2) is 0 Å². The van der Waals surface area contributed by atoms with Gasteiger partial charge < -0.3 is 14.8 Å². The number of ether oxygens (including phenoxy) is 2. The molecule has 0 spiro atoms. The highest BCUT2D eigenvalue weighted by molar-refractivity contribution is 6.05. The molecule has 1 amide bonds. The van der Waals surface area contributed by atoms with E-state index in [0.29, 0.717) is 29.3 Å². The predicted octanol–water partition coefficient (Wildman–Crippen LogP) is 3.82. The fourth-order valence-electron chi connectivity index (χ4n) is 2.93. The van der Waals surface area contributed by atoms with Crippen molar-refractivity contribution in [2.45, 2.75) is 20.4 Å². The zero-order chi connectivity index (χ0) is 19.4. The molecule has 0 atom stereocenters. The van der Waals surface area contributed by atoms with Crippen LogP contribution in [0.2, 0.25) is 0 Å². The van der Waals surface area contributed by atoms with Gasteiger partial charge in [0.05, 0.1) is 32.1 Å². The molecule has 140 valence electrons. The molecule has 0 aliphatic rings. The summed E-state index contributed by atoms with van der Waals surface area (Å²) in [6.45, 7) is 4.60. The minimum absolute atomic E-state index is 0.211. The number of hydrogen-bond donors (Lipinski definition) is 1. The molecule has 6 nitrogen and oxygen atoms in total. The number of amides is 1. The third kappa shape index (κ3) is 4.28. The number of anilines is 1. The van der Waals surface area contributed by atoms with Crippen LogP contribution in [0.1, 0.15) is 27.3 Å². The molecule has 3 aromatic rings. The van der Waals surface area contributed by atoms with Gasteiger partial charge in [-0.05, 0) is 49.7 Å². The van der Waals surface area contributed by atoms with E-state index in [1.807, 2.05) is 42.8 Å². The first-order valence-corrected chi connectivity index (χ1v) is 8.63. The molecule has 2 aromatic carbocycles. The molecular formula is C21H23N3O3. The molecule has 0 fully saturated rings. The molecule has 6 heteroatoms. The van der Waals surface area contributed by atoms with E-state index in [1.165, 1.54) is 0 Å². The summed E-state index contributed by atoms with van der Waals surface area (Å²) < 4.78 is 12.5. The Kier molecular flexibility index (Phi) is 5.45. The number of nitrogens with one attached hydrogen (secondary N) is 1.